The number of anilines is 3. The number of sulfonamides is 1. The van der Waals surface area contributed by atoms with Crippen LogP contribution in [0.4, 0.5) is 38.7 Å². The van der Waals surface area contributed by atoms with Crippen molar-refractivity contribution in [2.45, 2.75) is 10.8 Å². The Balaban J connectivity index is 1.60. The number of nitrogens with one attached hydrogen (secondary N) is 2. The molecule has 1 saturated heterocycles. The lowest BCUT2D eigenvalue weighted by Crippen LogP contribution is -2.56. The summed E-state index contributed by atoms with van der Waals surface area (Å²) in [6.45, 7) is -1.14. The van der Waals surface area contributed by atoms with E-state index in [1.807, 2.05) is 4.72 Å². The summed E-state index contributed by atoms with van der Waals surface area (Å²) >= 11 is 0.999. The van der Waals surface area contributed by atoms with Gasteiger partial charge in [-0.3, -0.25) is 4.72 Å². The molecule has 2 aromatic heterocycles. The molecule has 15 heteroatoms. The maximum atomic E-state index is 15.7. The lowest BCUT2D eigenvalue weighted by atomic mass is 10.1. The van der Waals surface area contributed by atoms with E-state index >= 15 is 4.39 Å². The molecule has 38 heavy (non-hydrogen) atoms. The van der Waals surface area contributed by atoms with Crippen LogP contribution in [0, 0.1) is 17.5 Å². The smallest absolute Gasteiger partial charge is 0.282 e. The molecule has 8 nitrogen and oxygen atoms in total. The molecule has 1 fully saturated rings. The summed E-state index contributed by atoms with van der Waals surface area (Å²) in [4.78, 5) is 13.1. The zero-order valence-electron chi connectivity index (χ0n) is 19.3. The van der Waals surface area contributed by atoms with Crippen molar-refractivity contribution in [2.75, 3.05) is 35.1 Å². The first-order chi connectivity index (χ1) is 18.0. The molecular weight excluding hydrogens is 551 g/mol. The van der Waals surface area contributed by atoms with E-state index in [1.54, 1.807) is 7.05 Å². The monoisotopic (exact) mass is 568 g/mol. The highest BCUT2D eigenvalue weighted by molar-refractivity contribution is 7.92. The van der Waals surface area contributed by atoms with Crippen molar-refractivity contribution in [3.8, 4) is 21.8 Å². The average Bonchev–Trinajstić information content (AvgIpc) is 3.28. The van der Waals surface area contributed by atoms with Gasteiger partial charge in [-0.2, -0.15) is 0 Å². The van der Waals surface area contributed by atoms with Crippen LogP contribution in [0.2, 0.25) is 0 Å². The standard InChI is InChI=1S/C23H17F5N6O2S2/c1-29-21-30-9-8-16(31-21)19-18(32-22(37-19)34-10-23(27,28)11-34)12-4-2-7-15(17(12)26)33-38(35,36)20-13(24)5-3-6-14(20)25/h2-9,33H,10-11H2,1H3,(H,29,30,31). The molecule has 0 bridgehead atoms. The van der Waals surface area contributed by atoms with Gasteiger partial charge in [-0.25, -0.2) is 45.3 Å². The lowest BCUT2D eigenvalue weighted by Gasteiger charge is -2.38. The number of halogens is 5. The molecule has 0 aliphatic carbocycles. The second kappa shape index (κ2) is 9.47. The van der Waals surface area contributed by atoms with Crippen LogP contribution in [0.25, 0.3) is 21.8 Å². The van der Waals surface area contributed by atoms with Gasteiger partial charge in [-0.1, -0.05) is 23.5 Å². The van der Waals surface area contributed by atoms with Crippen LogP contribution in [0.15, 0.2) is 53.6 Å². The van der Waals surface area contributed by atoms with Gasteiger partial charge >= 0.3 is 0 Å². The highest BCUT2D eigenvalue weighted by atomic mass is 32.2. The van der Waals surface area contributed by atoms with E-state index in [0.717, 1.165) is 35.6 Å². The third-order valence-corrected chi connectivity index (χ3v) is 8.08. The second-order valence-electron chi connectivity index (χ2n) is 8.23. The van der Waals surface area contributed by atoms with Gasteiger partial charge in [0.15, 0.2) is 15.8 Å². The third-order valence-electron chi connectivity index (χ3n) is 5.53. The molecule has 2 aromatic carbocycles. The fourth-order valence-corrected chi connectivity index (χ4v) is 6.03. The minimum atomic E-state index is -4.86. The summed E-state index contributed by atoms with van der Waals surface area (Å²) in [5.74, 6) is -6.44. The van der Waals surface area contributed by atoms with Crippen LogP contribution >= 0.6 is 11.3 Å². The summed E-state index contributed by atoms with van der Waals surface area (Å²) in [5, 5.41) is 2.95. The van der Waals surface area contributed by atoms with Crippen LogP contribution < -0.4 is 14.9 Å². The second-order valence-corrected chi connectivity index (χ2v) is 10.8. The number of thiazole rings is 1. The van der Waals surface area contributed by atoms with E-state index in [2.05, 4.69) is 20.3 Å². The van der Waals surface area contributed by atoms with Gasteiger partial charge in [0.25, 0.3) is 15.9 Å². The third kappa shape index (κ3) is 4.74. The number of aromatic nitrogens is 3. The number of benzene rings is 2. The van der Waals surface area contributed by atoms with Gasteiger partial charge in [0, 0.05) is 18.8 Å². The summed E-state index contributed by atoms with van der Waals surface area (Å²) in [6, 6.07) is 7.73. The topological polar surface area (TPSA) is 100 Å². The number of nitrogens with zero attached hydrogens (tertiary/aromatic N) is 4. The van der Waals surface area contributed by atoms with Gasteiger partial charge in [0.1, 0.15) is 11.6 Å². The van der Waals surface area contributed by atoms with Crippen molar-refractivity contribution >= 4 is 38.1 Å². The van der Waals surface area contributed by atoms with Crippen molar-refractivity contribution in [1.82, 2.24) is 15.0 Å². The minimum absolute atomic E-state index is 0.0107. The van der Waals surface area contributed by atoms with Crippen LogP contribution in [0.3, 0.4) is 0 Å². The molecule has 0 saturated carbocycles. The number of rotatable bonds is 7. The molecule has 0 radical (unpaired) electrons. The van der Waals surface area contributed by atoms with Gasteiger partial charge in [0.2, 0.25) is 5.95 Å². The predicted molar refractivity (Wildman–Crippen MR) is 132 cm³/mol. The Hall–Kier alpha value is -3.85. The number of alkyl halides is 2. The Morgan fingerprint density at radius 3 is 2.34 bits per heavy atom. The average molecular weight is 569 g/mol. The van der Waals surface area contributed by atoms with E-state index in [0.29, 0.717) is 10.6 Å². The molecule has 5 rings (SSSR count). The molecule has 2 N–H and O–H groups in total. The molecule has 4 aromatic rings. The van der Waals surface area contributed by atoms with E-state index < -0.39 is 57.1 Å². The Labute approximate surface area is 217 Å². The van der Waals surface area contributed by atoms with Crippen LogP contribution in [0.5, 0.6) is 0 Å². The highest BCUT2D eigenvalue weighted by Crippen LogP contribution is 2.44. The first kappa shape index (κ1) is 25.8. The normalized spacial score (nSPS) is 14.7. The number of hydrogen-bond acceptors (Lipinski definition) is 8. The number of hydrogen-bond donors (Lipinski definition) is 2. The van der Waals surface area contributed by atoms with E-state index in [-0.39, 0.29) is 22.3 Å². The maximum absolute atomic E-state index is 15.7. The maximum Gasteiger partial charge on any atom is 0.282 e. The zero-order valence-corrected chi connectivity index (χ0v) is 21.0. The van der Waals surface area contributed by atoms with Gasteiger partial charge < -0.3 is 10.2 Å². The fraction of sp³-hybridized carbons (Fsp3) is 0.174. The van der Waals surface area contributed by atoms with Crippen LogP contribution in [-0.2, 0) is 10.0 Å². The zero-order chi connectivity index (χ0) is 27.2. The van der Waals surface area contributed by atoms with Gasteiger partial charge in [-0.05, 0) is 30.3 Å². The molecule has 1 aliphatic heterocycles. The first-order valence-electron chi connectivity index (χ1n) is 10.9. The SMILES string of the molecule is CNc1nccc(-c2sc(N3CC(F)(F)C3)nc2-c2cccc(NS(=O)(=O)c3c(F)cccc3F)c2F)n1. The van der Waals surface area contributed by atoms with E-state index in [4.69, 9.17) is 0 Å². The fourth-order valence-electron chi connectivity index (χ4n) is 3.78. The molecule has 0 unspecified atom stereocenters. The van der Waals surface area contributed by atoms with Crippen LogP contribution in [-0.4, -0.2) is 49.4 Å². The van der Waals surface area contributed by atoms with Crippen LogP contribution in [0.1, 0.15) is 0 Å². The predicted octanol–water partition coefficient (Wildman–Crippen LogP) is 4.98. The Kier molecular flexibility index (Phi) is 6.43. The first-order valence-corrected chi connectivity index (χ1v) is 13.2. The highest BCUT2D eigenvalue weighted by Gasteiger charge is 2.45. The molecular formula is C23H17F5N6O2S2. The van der Waals surface area contributed by atoms with E-state index in [9.17, 15) is 26.0 Å². The molecule has 198 valence electrons. The Morgan fingerprint density at radius 1 is 1.00 bits per heavy atom. The summed E-state index contributed by atoms with van der Waals surface area (Å²) in [5.41, 5.74) is -0.459. The minimum Gasteiger partial charge on any atom is -0.357 e. The quantitative estimate of drug-likeness (QED) is 0.303. The summed E-state index contributed by atoms with van der Waals surface area (Å²) in [7, 11) is -3.27. The van der Waals surface area contributed by atoms with Crippen molar-refractivity contribution < 1.29 is 30.4 Å². The van der Waals surface area contributed by atoms with Crippen molar-refractivity contribution in [3.63, 3.8) is 0 Å². The van der Waals surface area contributed by atoms with Crippen molar-refractivity contribution in [2.24, 2.45) is 0 Å². The molecule has 0 spiro atoms. The van der Waals surface area contributed by atoms with Gasteiger partial charge in [0.05, 0.1) is 35.0 Å². The molecule has 0 atom stereocenters. The lowest BCUT2D eigenvalue weighted by molar-refractivity contribution is -0.0262. The van der Waals surface area contributed by atoms with Gasteiger partial charge in [-0.15, -0.1) is 0 Å². The summed E-state index contributed by atoms with van der Waals surface area (Å²) < 4.78 is 98.4. The largest absolute Gasteiger partial charge is 0.357 e. The molecule has 1 aliphatic rings. The molecule has 3 heterocycles. The van der Waals surface area contributed by atoms with Crippen molar-refractivity contribution in [1.29, 1.82) is 0 Å². The van der Waals surface area contributed by atoms with Crippen molar-refractivity contribution in [3.05, 3.63) is 66.1 Å². The Morgan fingerprint density at radius 2 is 1.68 bits per heavy atom. The summed E-state index contributed by atoms with van der Waals surface area (Å²) in [6.07, 6.45) is 1.44. The molecule has 0 amide bonds. The van der Waals surface area contributed by atoms with E-state index in [1.165, 1.54) is 29.3 Å². The Bertz CT molecular complexity index is 1620.